The fourth-order valence-corrected chi connectivity index (χ4v) is 4.47. The highest BCUT2D eigenvalue weighted by Gasteiger charge is 2.21. The van der Waals surface area contributed by atoms with Crippen molar-refractivity contribution in [2.45, 2.75) is 11.8 Å². The molecule has 0 aliphatic rings. The molecule has 0 bridgehead atoms. The van der Waals surface area contributed by atoms with Gasteiger partial charge in [-0.05, 0) is 42.8 Å². The topological polar surface area (TPSA) is 37.6 Å². The fraction of sp³-hybridized carbons (Fsp3) is 0.300. The Kier molecular flexibility index (Phi) is 6.46. The van der Waals surface area contributed by atoms with Gasteiger partial charge in [-0.1, -0.05) is 23.5 Å². The number of anilines is 1. The van der Waals surface area contributed by atoms with E-state index in [2.05, 4.69) is 14.1 Å². The molecule has 1 heterocycles. The number of hydrogen-bond acceptors (Lipinski definition) is 4. The molecule has 4 nitrogen and oxygen atoms in total. The van der Waals surface area contributed by atoms with E-state index in [9.17, 15) is 9.18 Å². The molecule has 3 rings (SSSR count). The first kappa shape index (κ1) is 19.8. The fourth-order valence-electron chi connectivity index (χ4n) is 2.61. The number of amides is 1. The number of thiazole rings is 1. The Morgan fingerprint density at radius 2 is 1.96 bits per heavy atom. The molecule has 0 aliphatic carbocycles. The molecule has 0 saturated heterocycles. The minimum atomic E-state index is -0.272. The van der Waals surface area contributed by atoms with E-state index in [0.29, 0.717) is 12.3 Å². The van der Waals surface area contributed by atoms with E-state index in [0.717, 1.165) is 32.4 Å². The number of carbonyl (C=O) groups is 1. The van der Waals surface area contributed by atoms with Crippen molar-refractivity contribution in [3.05, 3.63) is 53.8 Å². The number of thioether (sulfide) groups is 1. The first-order chi connectivity index (χ1) is 12.9. The maximum Gasteiger partial charge on any atom is 0.239 e. The lowest BCUT2D eigenvalue weighted by Gasteiger charge is -2.20. The van der Waals surface area contributed by atoms with E-state index in [-0.39, 0.29) is 11.7 Å². The number of aromatic nitrogens is 1. The van der Waals surface area contributed by atoms with Gasteiger partial charge in [-0.3, -0.25) is 9.69 Å². The maximum absolute atomic E-state index is 13.1. The average molecular weight is 405 g/mol. The molecule has 0 saturated carbocycles. The number of rotatable bonds is 7. The second-order valence-corrected chi connectivity index (χ2v) is 8.72. The van der Waals surface area contributed by atoms with Crippen LogP contribution < -0.4 is 9.80 Å². The first-order valence-electron chi connectivity index (χ1n) is 8.78. The Morgan fingerprint density at radius 1 is 1.22 bits per heavy atom. The zero-order valence-electron chi connectivity index (χ0n) is 15.7. The Labute approximate surface area is 167 Å². The van der Waals surface area contributed by atoms with E-state index in [1.54, 1.807) is 28.4 Å². The van der Waals surface area contributed by atoms with E-state index < -0.39 is 0 Å². The van der Waals surface area contributed by atoms with Crippen LogP contribution in [-0.2, 0) is 4.79 Å². The predicted octanol–water partition coefficient (Wildman–Crippen LogP) is 3.01. The highest BCUT2D eigenvalue weighted by Crippen LogP contribution is 2.31. The van der Waals surface area contributed by atoms with Crippen LogP contribution in [0.25, 0.3) is 10.2 Å². The van der Waals surface area contributed by atoms with Gasteiger partial charge in [0, 0.05) is 4.90 Å². The molecule has 0 aliphatic heterocycles. The molecule has 0 atom stereocenters. The number of para-hydroxylation sites is 1. The summed E-state index contributed by atoms with van der Waals surface area (Å²) >= 11 is 2.97. The van der Waals surface area contributed by atoms with E-state index in [4.69, 9.17) is 4.98 Å². The molecule has 1 amide bonds. The summed E-state index contributed by atoms with van der Waals surface area (Å²) in [5.74, 6) is 0.0388. The molecule has 7 heteroatoms. The number of nitrogens with zero attached hydrogens (tertiary/aromatic N) is 2. The Hall–Kier alpha value is -1.96. The molecule has 2 aromatic carbocycles. The van der Waals surface area contributed by atoms with Crippen molar-refractivity contribution < 1.29 is 14.1 Å². The summed E-state index contributed by atoms with van der Waals surface area (Å²) in [5.41, 5.74) is 2.07. The van der Waals surface area contributed by atoms with Gasteiger partial charge in [0.2, 0.25) is 5.91 Å². The minimum absolute atomic E-state index is 0.0160. The van der Waals surface area contributed by atoms with Gasteiger partial charge in [0.05, 0.1) is 43.2 Å². The van der Waals surface area contributed by atoms with Gasteiger partial charge >= 0.3 is 0 Å². The van der Waals surface area contributed by atoms with Crippen LogP contribution in [-0.4, -0.2) is 43.8 Å². The largest absolute Gasteiger partial charge is 0.338 e. The number of aryl methyl sites for hydroxylation is 1. The number of carbonyl (C=O) groups excluding carboxylic acids is 1. The Balaban J connectivity index is 1.79. The molecule has 1 N–H and O–H groups in total. The number of likely N-dealkylation sites (N-methyl/N-ethyl adjacent to an activating group) is 1. The number of halogens is 1. The monoisotopic (exact) mass is 404 g/mol. The zero-order valence-corrected chi connectivity index (χ0v) is 17.3. The van der Waals surface area contributed by atoms with Gasteiger partial charge in [-0.15, -0.1) is 11.8 Å². The zero-order chi connectivity index (χ0) is 19.4. The van der Waals surface area contributed by atoms with Crippen LogP contribution in [0.5, 0.6) is 0 Å². The van der Waals surface area contributed by atoms with Gasteiger partial charge < -0.3 is 4.90 Å². The predicted molar refractivity (Wildman–Crippen MR) is 112 cm³/mol. The molecule has 0 unspecified atom stereocenters. The van der Waals surface area contributed by atoms with Crippen molar-refractivity contribution in [2.24, 2.45) is 0 Å². The summed E-state index contributed by atoms with van der Waals surface area (Å²) in [7, 11) is 4.14. The Morgan fingerprint density at radius 3 is 2.63 bits per heavy atom. The molecule has 27 heavy (non-hydrogen) atoms. The van der Waals surface area contributed by atoms with Gasteiger partial charge in [0.1, 0.15) is 5.82 Å². The van der Waals surface area contributed by atoms with Crippen molar-refractivity contribution in [3.63, 3.8) is 0 Å². The normalized spacial score (nSPS) is 11.3. The smallest absolute Gasteiger partial charge is 0.239 e. The van der Waals surface area contributed by atoms with Crippen LogP contribution in [0.4, 0.5) is 9.52 Å². The second-order valence-electron chi connectivity index (χ2n) is 6.66. The summed E-state index contributed by atoms with van der Waals surface area (Å²) in [6.45, 7) is 3.48. The summed E-state index contributed by atoms with van der Waals surface area (Å²) < 4.78 is 14.1. The van der Waals surface area contributed by atoms with Crippen molar-refractivity contribution in [3.8, 4) is 0 Å². The third kappa shape index (κ3) is 5.06. The van der Waals surface area contributed by atoms with Crippen LogP contribution >= 0.6 is 23.1 Å². The van der Waals surface area contributed by atoms with E-state index in [1.807, 2.05) is 25.1 Å². The number of nitrogens with one attached hydrogen (secondary N) is 1. The molecule has 0 fully saturated rings. The van der Waals surface area contributed by atoms with E-state index in [1.165, 1.54) is 28.8 Å². The Bertz CT molecular complexity index is 925. The molecule has 1 aromatic heterocycles. The standard InChI is InChI=1S/C20H22FN3OS2/c1-14-5-4-6-17-19(14)22-20(27-17)24(12-11-23(2)3)18(25)13-26-16-9-7-15(21)8-10-16/h4-10H,11-13H2,1-3H3/p+1. The van der Waals surface area contributed by atoms with Crippen molar-refractivity contribution in [1.29, 1.82) is 0 Å². The molecule has 0 radical (unpaired) electrons. The van der Waals surface area contributed by atoms with Crippen molar-refractivity contribution in [2.75, 3.05) is 37.8 Å². The third-order valence-corrected chi connectivity index (χ3v) is 6.19. The van der Waals surface area contributed by atoms with Crippen LogP contribution in [0, 0.1) is 12.7 Å². The van der Waals surface area contributed by atoms with Crippen LogP contribution in [0.3, 0.4) is 0 Å². The second kappa shape index (κ2) is 8.82. The highest BCUT2D eigenvalue weighted by molar-refractivity contribution is 8.00. The first-order valence-corrected chi connectivity index (χ1v) is 10.6. The lowest BCUT2D eigenvalue weighted by Crippen LogP contribution is -3.06. The van der Waals surface area contributed by atoms with Crippen molar-refractivity contribution >= 4 is 44.4 Å². The number of quaternary nitrogens is 1. The van der Waals surface area contributed by atoms with Crippen LogP contribution in [0.15, 0.2) is 47.4 Å². The quantitative estimate of drug-likeness (QED) is 0.615. The number of hydrogen-bond donors (Lipinski definition) is 1. The maximum atomic E-state index is 13.1. The third-order valence-electron chi connectivity index (χ3n) is 4.15. The lowest BCUT2D eigenvalue weighted by atomic mass is 10.2. The van der Waals surface area contributed by atoms with Gasteiger partial charge in [-0.2, -0.15) is 0 Å². The molecule has 142 valence electrons. The van der Waals surface area contributed by atoms with E-state index >= 15 is 0 Å². The molecule has 0 spiro atoms. The van der Waals surface area contributed by atoms with Gasteiger partial charge in [-0.25, -0.2) is 9.37 Å². The summed E-state index contributed by atoms with van der Waals surface area (Å²) in [6.07, 6.45) is 0. The summed E-state index contributed by atoms with van der Waals surface area (Å²) in [5, 5.41) is 0.741. The highest BCUT2D eigenvalue weighted by atomic mass is 32.2. The van der Waals surface area contributed by atoms with Crippen molar-refractivity contribution in [1.82, 2.24) is 4.98 Å². The summed E-state index contributed by atoms with van der Waals surface area (Å²) in [4.78, 5) is 21.6. The number of fused-ring (bicyclic) bond motifs is 1. The average Bonchev–Trinajstić information content (AvgIpc) is 3.06. The van der Waals surface area contributed by atoms with Gasteiger partial charge in [0.25, 0.3) is 0 Å². The summed E-state index contributed by atoms with van der Waals surface area (Å²) in [6, 6.07) is 12.3. The van der Waals surface area contributed by atoms with Gasteiger partial charge in [0.15, 0.2) is 5.13 Å². The lowest BCUT2D eigenvalue weighted by molar-refractivity contribution is -0.856. The molecule has 3 aromatic rings. The minimum Gasteiger partial charge on any atom is -0.338 e. The van der Waals surface area contributed by atoms with Crippen LogP contribution in [0.1, 0.15) is 5.56 Å². The molecular formula is C20H23FN3OS2+. The SMILES string of the molecule is Cc1cccc2sc(N(CC[NH+](C)C)C(=O)CSc3ccc(F)cc3)nc12. The number of benzene rings is 2. The van der Waals surface area contributed by atoms with Crippen LogP contribution in [0.2, 0.25) is 0 Å². The molecular weight excluding hydrogens is 381 g/mol.